The quantitative estimate of drug-likeness (QED) is 0.650. The Balaban J connectivity index is 1.86. The Morgan fingerprint density at radius 3 is 2.47 bits per heavy atom. The maximum Gasteiger partial charge on any atom is 0.148 e. The van der Waals surface area contributed by atoms with Crippen LogP contribution in [0.25, 0.3) is 0 Å². The lowest BCUT2D eigenvalue weighted by Crippen LogP contribution is -2.30. The number of aldehydes is 1. The summed E-state index contributed by atoms with van der Waals surface area (Å²) in [5.41, 5.74) is 2.73. The summed E-state index contributed by atoms with van der Waals surface area (Å²) in [5, 5.41) is 0. The van der Waals surface area contributed by atoms with Crippen molar-refractivity contribution in [2.24, 2.45) is 0 Å². The third kappa shape index (κ3) is 1.40. The molecule has 1 aliphatic heterocycles. The summed E-state index contributed by atoms with van der Waals surface area (Å²) in [6, 6.07) is 8.48. The molecule has 15 heavy (non-hydrogen) atoms. The van der Waals surface area contributed by atoms with Gasteiger partial charge >= 0.3 is 0 Å². The summed E-state index contributed by atoms with van der Waals surface area (Å²) in [4.78, 5) is 10.7. The number of carbonyl (C=O) groups is 1. The second kappa shape index (κ2) is 3.17. The number of hydrogen-bond acceptors (Lipinski definition) is 2. The van der Waals surface area contributed by atoms with E-state index in [0.717, 1.165) is 32.0 Å². The van der Waals surface area contributed by atoms with Gasteiger partial charge in [0.05, 0.1) is 5.60 Å². The fourth-order valence-electron chi connectivity index (χ4n) is 2.86. The van der Waals surface area contributed by atoms with Gasteiger partial charge in [0.15, 0.2) is 0 Å². The van der Waals surface area contributed by atoms with Gasteiger partial charge in [-0.25, -0.2) is 0 Å². The Labute approximate surface area is 89.2 Å². The SMILES string of the molecule is O=CC1CCC2(Cc3ccccc3C2)O1. The van der Waals surface area contributed by atoms with E-state index in [1.54, 1.807) is 0 Å². The summed E-state index contributed by atoms with van der Waals surface area (Å²) in [7, 11) is 0. The van der Waals surface area contributed by atoms with E-state index in [-0.39, 0.29) is 11.7 Å². The molecule has 78 valence electrons. The minimum absolute atomic E-state index is 0.0603. The largest absolute Gasteiger partial charge is 0.364 e. The van der Waals surface area contributed by atoms with Crippen molar-refractivity contribution < 1.29 is 9.53 Å². The molecule has 1 atom stereocenters. The van der Waals surface area contributed by atoms with Gasteiger partial charge in [0.1, 0.15) is 12.4 Å². The number of carbonyl (C=O) groups excluding carboxylic acids is 1. The molecule has 1 aliphatic carbocycles. The van der Waals surface area contributed by atoms with Crippen molar-refractivity contribution in [3.8, 4) is 0 Å². The topological polar surface area (TPSA) is 26.3 Å². The Bertz CT molecular complexity index is 372. The first-order valence-corrected chi connectivity index (χ1v) is 5.51. The minimum Gasteiger partial charge on any atom is -0.364 e. The third-order valence-corrected chi connectivity index (χ3v) is 3.58. The molecule has 1 saturated heterocycles. The van der Waals surface area contributed by atoms with E-state index < -0.39 is 0 Å². The summed E-state index contributed by atoms with van der Waals surface area (Å²) in [5.74, 6) is 0. The highest BCUT2D eigenvalue weighted by Crippen LogP contribution is 2.41. The standard InChI is InChI=1S/C13H14O2/c14-9-12-5-6-13(15-12)7-10-3-1-2-4-11(10)8-13/h1-4,9,12H,5-8H2. The molecule has 1 heterocycles. The Morgan fingerprint density at radius 2 is 1.93 bits per heavy atom. The van der Waals surface area contributed by atoms with Crippen LogP contribution in [-0.4, -0.2) is 18.0 Å². The second-order valence-corrected chi connectivity index (χ2v) is 4.64. The lowest BCUT2D eigenvalue weighted by atomic mass is 9.96. The van der Waals surface area contributed by atoms with Crippen LogP contribution in [0, 0.1) is 0 Å². The lowest BCUT2D eigenvalue weighted by Gasteiger charge is -2.22. The highest BCUT2D eigenvalue weighted by Gasteiger charge is 2.44. The van der Waals surface area contributed by atoms with Crippen LogP contribution in [0.15, 0.2) is 24.3 Å². The maximum absolute atomic E-state index is 10.7. The van der Waals surface area contributed by atoms with Crippen molar-refractivity contribution in [1.29, 1.82) is 0 Å². The molecule has 2 heteroatoms. The monoisotopic (exact) mass is 202 g/mol. The molecule has 0 radical (unpaired) electrons. The molecule has 1 fully saturated rings. The van der Waals surface area contributed by atoms with Crippen molar-refractivity contribution in [3.63, 3.8) is 0 Å². The van der Waals surface area contributed by atoms with Crippen LogP contribution < -0.4 is 0 Å². The molecule has 2 nitrogen and oxygen atoms in total. The van der Waals surface area contributed by atoms with Crippen molar-refractivity contribution in [2.45, 2.75) is 37.4 Å². The van der Waals surface area contributed by atoms with Crippen LogP contribution in [0.2, 0.25) is 0 Å². The predicted octanol–water partition coefficient (Wildman–Crippen LogP) is 1.90. The zero-order valence-corrected chi connectivity index (χ0v) is 8.61. The first-order chi connectivity index (χ1) is 7.31. The predicted molar refractivity (Wildman–Crippen MR) is 56.8 cm³/mol. The summed E-state index contributed by atoms with van der Waals surface area (Å²) < 4.78 is 5.87. The molecule has 2 aliphatic rings. The molecule has 0 saturated carbocycles. The fourth-order valence-corrected chi connectivity index (χ4v) is 2.86. The number of fused-ring (bicyclic) bond motifs is 1. The van der Waals surface area contributed by atoms with E-state index in [2.05, 4.69) is 24.3 Å². The summed E-state index contributed by atoms with van der Waals surface area (Å²) in [6.45, 7) is 0. The summed E-state index contributed by atoms with van der Waals surface area (Å²) >= 11 is 0. The zero-order chi connectivity index (χ0) is 10.3. The molecule has 0 N–H and O–H groups in total. The number of hydrogen-bond donors (Lipinski definition) is 0. The van der Waals surface area contributed by atoms with Gasteiger partial charge in [0, 0.05) is 12.8 Å². The molecular formula is C13H14O2. The maximum atomic E-state index is 10.7. The van der Waals surface area contributed by atoms with Crippen LogP contribution in [0.4, 0.5) is 0 Å². The van der Waals surface area contributed by atoms with Gasteiger partial charge in [-0.2, -0.15) is 0 Å². The molecule has 0 amide bonds. The van der Waals surface area contributed by atoms with E-state index in [1.165, 1.54) is 11.1 Å². The molecule has 1 unspecified atom stereocenters. The first kappa shape index (κ1) is 9.10. The van der Waals surface area contributed by atoms with E-state index in [4.69, 9.17) is 4.74 Å². The van der Waals surface area contributed by atoms with Gasteiger partial charge in [-0.3, -0.25) is 0 Å². The fraction of sp³-hybridized carbons (Fsp3) is 0.462. The van der Waals surface area contributed by atoms with Gasteiger partial charge in [-0.15, -0.1) is 0 Å². The Kier molecular flexibility index (Phi) is 1.93. The van der Waals surface area contributed by atoms with Crippen LogP contribution in [0.3, 0.4) is 0 Å². The zero-order valence-electron chi connectivity index (χ0n) is 8.61. The van der Waals surface area contributed by atoms with E-state index in [0.29, 0.717) is 0 Å². The molecule has 1 aromatic rings. The summed E-state index contributed by atoms with van der Waals surface area (Å²) in [6.07, 6.45) is 4.64. The average molecular weight is 202 g/mol. The molecular weight excluding hydrogens is 188 g/mol. The third-order valence-electron chi connectivity index (χ3n) is 3.58. The van der Waals surface area contributed by atoms with Crippen molar-refractivity contribution in [3.05, 3.63) is 35.4 Å². The van der Waals surface area contributed by atoms with E-state index >= 15 is 0 Å². The Morgan fingerprint density at radius 1 is 1.27 bits per heavy atom. The molecule has 3 rings (SSSR count). The second-order valence-electron chi connectivity index (χ2n) is 4.64. The number of ether oxygens (including phenoxy) is 1. The van der Waals surface area contributed by atoms with Gasteiger partial charge in [-0.05, 0) is 24.0 Å². The lowest BCUT2D eigenvalue weighted by molar-refractivity contribution is -0.122. The van der Waals surface area contributed by atoms with E-state index in [1.807, 2.05) is 0 Å². The van der Waals surface area contributed by atoms with Crippen molar-refractivity contribution in [1.82, 2.24) is 0 Å². The van der Waals surface area contributed by atoms with Gasteiger partial charge < -0.3 is 9.53 Å². The highest BCUT2D eigenvalue weighted by molar-refractivity contribution is 5.57. The van der Waals surface area contributed by atoms with Crippen molar-refractivity contribution in [2.75, 3.05) is 0 Å². The molecule has 0 aromatic heterocycles. The number of benzene rings is 1. The van der Waals surface area contributed by atoms with Gasteiger partial charge in [-0.1, -0.05) is 24.3 Å². The Hall–Kier alpha value is -1.15. The van der Waals surface area contributed by atoms with Gasteiger partial charge in [0.25, 0.3) is 0 Å². The van der Waals surface area contributed by atoms with Crippen molar-refractivity contribution >= 4 is 6.29 Å². The average Bonchev–Trinajstić information content (AvgIpc) is 2.81. The normalized spacial score (nSPS) is 26.8. The number of rotatable bonds is 1. The van der Waals surface area contributed by atoms with E-state index in [9.17, 15) is 4.79 Å². The smallest absolute Gasteiger partial charge is 0.148 e. The molecule has 1 spiro atoms. The highest BCUT2D eigenvalue weighted by atomic mass is 16.5. The van der Waals surface area contributed by atoms with Crippen LogP contribution in [-0.2, 0) is 22.4 Å². The molecule has 0 bridgehead atoms. The minimum atomic E-state index is -0.167. The van der Waals surface area contributed by atoms with Gasteiger partial charge in [0.2, 0.25) is 0 Å². The van der Waals surface area contributed by atoms with Crippen LogP contribution in [0.1, 0.15) is 24.0 Å². The first-order valence-electron chi connectivity index (χ1n) is 5.51. The molecule has 1 aromatic carbocycles. The van der Waals surface area contributed by atoms with Crippen LogP contribution in [0.5, 0.6) is 0 Å². The van der Waals surface area contributed by atoms with Crippen LogP contribution >= 0.6 is 0 Å².